The van der Waals surface area contributed by atoms with Crippen molar-refractivity contribution in [2.24, 2.45) is 0 Å². The SMILES string of the molecule is CCCCCCCCCCCCOC(=O)[C@H](Cc1ccccc1)NC(=O)c1ccccc1S(=O)(=O)O. The van der Waals surface area contributed by atoms with Crippen LogP contribution in [0.25, 0.3) is 0 Å². The second-order valence-electron chi connectivity index (χ2n) is 9.04. The van der Waals surface area contributed by atoms with Gasteiger partial charge in [0.05, 0.1) is 12.2 Å². The Labute approximate surface area is 215 Å². The van der Waals surface area contributed by atoms with Gasteiger partial charge in [-0.1, -0.05) is 107 Å². The van der Waals surface area contributed by atoms with Gasteiger partial charge in [0.2, 0.25) is 0 Å². The summed E-state index contributed by atoms with van der Waals surface area (Å²) in [4.78, 5) is 25.2. The second kappa shape index (κ2) is 16.1. The van der Waals surface area contributed by atoms with Crippen molar-refractivity contribution >= 4 is 22.0 Å². The highest BCUT2D eigenvalue weighted by atomic mass is 32.2. The number of carbonyl (C=O) groups is 2. The summed E-state index contributed by atoms with van der Waals surface area (Å²) in [6.07, 6.45) is 11.9. The van der Waals surface area contributed by atoms with Crippen LogP contribution in [0.5, 0.6) is 0 Å². The summed E-state index contributed by atoms with van der Waals surface area (Å²) in [5, 5.41) is 2.59. The molecule has 0 aliphatic carbocycles. The lowest BCUT2D eigenvalue weighted by Gasteiger charge is -2.18. The molecular weight excluding hydrogens is 478 g/mol. The molecule has 0 aliphatic heterocycles. The molecule has 0 aliphatic rings. The normalized spacial score (nSPS) is 12.2. The quantitative estimate of drug-likeness (QED) is 0.157. The molecule has 0 aromatic heterocycles. The molecule has 0 saturated heterocycles. The number of hydrogen-bond donors (Lipinski definition) is 2. The fourth-order valence-electron chi connectivity index (χ4n) is 4.02. The van der Waals surface area contributed by atoms with E-state index in [1.807, 2.05) is 30.3 Å². The first-order valence-electron chi connectivity index (χ1n) is 12.9. The van der Waals surface area contributed by atoms with Gasteiger partial charge in [0.25, 0.3) is 16.0 Å². The minimum Gasteiger partial charge on any atom is -0.464 e. The van der Waals surface area contributed by atoms with Gasteiger partial charge in [-0.3, -0.25) is 9.35 Å². The van der Waals surface area contributed by atoms with Gasteiger partial charge in [0.15, 0.2) is 0 Å². The van der Waals surface area contributed by atoms with Gasteiger partial charge in [0, 0.05) is 6.42 Å². The number of benzene rings is 2. The molecule has 0 bridgehead atoms. The number of unbranched alkanes of at least 4 members (excludes halogenated alkanes) is 9. The van der Waals surface area contributed by atoms with E-state index < -0.39 is 32.9 Å². The topological polar surface area (TPSA) is 110 Å². The van der Waals surface area contributed by atoms with Crippen LogP contribution >= 0.6 is 0 Å². The molecule has 0 spiro atoms. The van der Waals surface area contributed by atoms with Gasteiger partial charge >= 0.3 is 5.97 Å². The van der Waals surface area contributed by atoms with E-state index in [9.17, 15) is 22.6 Å². The van der Waals surface area contributed by atoms with Crippen molar-refractivity contribution in [1.29, 1.82) is 0 Å². The maximum Gasteiger partial charge on any atom is 0.328 e. The summed E-state index contributed by atoms with van der Waals surface area (Å²) in [5.74, 6) is -1.35. The highest BCUT2D eigenvalue weighted by Crippen LogP contribution is 2.16. The summed E-state index contributed by atoms with van der Waals surface area (Å²) in [6, 6.07) is 13.5. The first-order chi connectivity index (χ1) is 17.3. The lowest BCUT2D eigenvalue weighted by molar-refractivity contribution is -0.146. The van der Waals surface area contributed by atoms with E-state index in [2.05, 4.69) is 12.2 Å². The fourth-order valence-corrected chi connectivity index (χ4v) is 4.71. The van der Waals surface area contributed by atoms with Crippen LogP contribution in [-0.2, 0) is 26.1 Å². The van der Waals surface area contributed by atoms with Crippen LogP contribution in [0, 0.1) is 0 Å². The van der Waals surface area contributed by atoms with E-state index in [-0.39, 0.29) is 18.6 Å². The molecule has 0 radical (unpaired) electrons. The third-order valence-corrected chi connectivity index (χ3v) is 6.94. The molecule has 0 heterocycles. The van der Waals surface area contributed by atoms with Crippen LogP contribution in [0.1, 0.15) is 87.1 Å². The van der Waals surface area contributed by atoms with E-state index in [1.165, 1.54) is 63.1 Å². The van der Waals surface area contributed by atoms with Crippen molar-refractivity contribution < 1.29 is 27.3 Å². The van der Waals surface area contributed by atoms with Gasteiger partial charge in [-0.2, -0.15) is 8.42 Å². The molecule has 0 unspecified atom stereocenters. The van der Waals surface area contributed by atoms with Crippen molar-refractivity contribution in [3.63, 3.8) is 0 Å². The largest absolute Gasteiger partial charge is 0.464 e. The predicted molar refractivity (Wildman–Crippen MR) is 140 cm³/mol. The molecule has 36 heavy (non-hydrogen) atoms. The molecule has 1 amide bonds. The molecule has 2 rings (SSSR count). The molecule has 0 saturated carbocycles. The second-order valence-corrected chi connectivity index (χ2v) is 10.4. The third-order valence-electron chi connectivity index (χ3n) is 6.02. The summed E-state index contributed by atoms with van der Waals surface area (Å²) >= 11 is 0. The maximum atomic E-state index is 12.9. The first kappa shape index (κ1) is 29.5. The number of ether oxygens (including phenoxy) is 1. The van der Waals surface area contributed by atoms with Gasteiger partial charge in [0.1, 0.15) is 10.9 Å². The Morgan fingerprint density at radius 2 is 1.39 bits per heavy atom. The first-order valence-corrected chi connectivity index (χ1v) is 14.3. The molecule has 0 fully saturated rings. The Morgan fingerprint density at radius 3 is 2.00 bits per heavy atom. The minimum absolute atomic E-state index is 0.192. The average Bonchev–Trinajstić information content (AvgIpc) is 2.86. The maximum absolute atomic E-state index is 12.9. The molecule has 8 heteroatoms. The van der Waals surface area contributed by atoms with E-state index in [4.69, 9.17) is 4.74 Å². The standard InChI is InChI=1S/C28H39NO6S/c1-2-3-4-5-6-7-8-9-10-16-21-35-28(31)25(22-23-17-12-11-13-18-23)29-27(30)24-19-14-15-20-26(24)36(32,33)34/h11-15,17-20,25H,2-10,16,21-22H2,1H3,(H,29,30)(H,32,33,34)/t25-/m0/s1. The Balaban J connectivity index is 1.89. The molecule has 2 N–H and O–H groups in total. The monoisotopic (exact) mass is 517 g/mol. The highest BCUT2D eigenvalue weighted by molar-refractivity contribution is 7.86. The molecule has 1 atom stereocenters. The summed E-state index contributed by atoms with van der Waals surface area (Å²) in [6.45, 7) is 2.48. The van der Waals surface area contributed by atoms with E-state index >= 15 is 0 Å². The van der Waals surface area contributed by atoms with Crippen molar-refractivity contribution in [3.05, 3.63) is 65.7 Å². The van der Waals surface area contributed by atoms with Crippen LogP contribution in [0.2, 0.25) is 0 Å². The zero-order valence-corrected chi connectivity index (χ0v) is 22.0. The van der Waals surface area contributed by atoms with E-state index in [0.29, 0.717) is 0 Å². The predicted octanol–water partition coefficient (Wildman–Crippen LogP) is 5.74. The number of rotatable bonds is 17. The van der Waals surface area contributed by atoms with Crippen molar-refractivity contribution in [2.45, 2.75) is 88.5 Å². The number of hydrogen-bond acceptors (Lipinski definition) is 5. The van der Waals surface area contributed by atoms with Crippen molar-refractivity contribution in [2.75, 3.05) is 6.61 Å². The average molecular weight is 518 g/mol. The minimum atomic E-state index is -4.60. The highest BCUT2D eigenvalue weighted by Gasteiger charge is 2.26. The number of esters is 1. The van der Waals surface area contributed by atoms with E-state index in [0.717, 1.165) is 30.9 Å². The molecule has 7 nitrogen and oxygen atoms in total. The van der Waals surface area contributed by atoms with Crippen LogP contribution in [0.3, 0.4) is 0 Å². The number of amides is 1. The zero-order chi connectivity index (χ0) is 26.2. The smallest absolute Gasteiger partial charge is 0.328 e. The Bertz CT molecular complexity index is 1040. The lowest BCUT2D eigenvalue weighted by Crippen LogP contribution is -2.43. The molecule has 2 aromatic rings. The van der Waals surface area contributed by atoms with Crippen molar-refractivity contribution in [1.82, 2.24) is 5.32 Å². The van der Waals surface area contributed by atoms with Gasteiger partial charge in [-0.05, 0) is 24.1 Å². The van der Waals surface area contributed by atoms with Gasteiger partial charge in [-0.25, -0.2) is 4.79 Å². The van der Waals surface area contributed by atoms with E-state index in [1.54, 1.807) is 0 Å². The van der Waals surface area contributed by atoms with Crippen molar-refractivity contribution in [3.8, 4) is 0 Å². The Hall–Kier alpha value is -2.71. The number of carbonyl (C=O) groups excluding carboxylic acids is 2. The summed E-state index contributed by atoms with van der Waals surface area (Å²) in [5.41, 5.74) is 0.585. The van der Waals surface area contributed by atoms with Crippen LogP contribution in [0.4, 0.5) is 0 Å². The molecule has 198 valence electrons. The molecular formula is C28H39NO6S. The van der Waals surface area contributed by atoms with Crippen LogP contribution < -0.4 is 5.32 Å². The van der Waals surface area contributed by atoms with Gasteiger partial charge in [-0.15, -0.1) is 0 Å². The summed E-state index contributed by atoms with van der Waals surface area (Å²) < 4.78 is 38.3. The van der Waals surface area contributed by atoms with Crippen LogP contribution in [0.15, 0.2) is 59.5 Å². The zero-order valence-electron chi connectivity index (χ0n) is 21.2. The van der Waals surface area contributed by atoms with Gasteiger partial charge < -0.3 is 10.1 Å². The lowest BCUT2D eigenvalue weighted by atomic mass is 10.1. The fraction of sp³-hybridized carbons (Fsp3) is 0.500. The molecule has 2 aromatic carbocycles. The third kappa shape index (κ3) is 10.9. The Kier molecular flexibility index (Phi) is 13.2. The Morgan fingerprint density at radius 1 is 0.833 bits per heavy atom. The number of nitrogens with one attached hydrogen (secondary N) is 1. The summed E-state index contributed by atoms with van der Waals surface area (Å²) in [7, 11) is -4.60. The van der Waals surface area contributed by atoms with Crippen LogP contribution in [-0.4, -0.2) is 37.5 Å².